The topological polar surface area (TPSA) is 32.3 Å². The molecule has 0 radical (unpaired) electrons. The van der Waals surface area contributed by atoms with E-state index in [1.54, 1.807) is 0 Å². The van der Waals surface area contributed by atoms with Gasteiger partial charge in [0.2, 0.25) is 0 Å². The maximum atomic E-state index is 5.07. The largest absolute Gasteiger partial charge is 0.310 e. The Morgan fingerprint density at radius 3 is 1.03 bits per heavy atom. The lowest BCUT2D eigenvalue weighted by molar-refractivity contribution is 1.29. The third kappa shape index (κ3) is 5.39. The predicted molar refractivity (Wildman–Crippen MR) is 254 cm³/mol. The summed E-state index contributed by atoms with van der Waals surface area (Å²) < 4.78 is 0. The van der Waals surface area contributed by atoms with Crippen molar-refractivity contribution in [2.24, 2.45) is 0 Å². The fourth-order valence-corrected chi connectivity index (χ4v) is 9.38. The van der Waals surface area contributed by atoms with Gasteiger partial charge in [-0.1, -0.05) is 146 Å². The van der Waals surface area contributed by atoms with Crippen LogP contribution in [0.3, 0.4) is 0 Å². The standard InChI is InChI=1S/C56H36N4/c1-3-17-39(18-4-1)59(53-33-37-15-7-9-21-43(37)45-23-11-13-25-49(45)53)41-27-29-47-48-30-28-42(36-52(48)56-55(51(47)35-41)57-31-32-58-56)60(40-19-5-2-6-20-40)54-34-38-16-8-10-22-44(38)46-24-12-14-26-50(46)54/h1-36H. The van der Waals surface area contributed by atoms with Crippen LogP contribution in [0.4, 0.5) is 34.1 Å². The van der Waals surface area contributed by atoms with E-state index in [4.69, 9.17) is 9.97 Å². The molecule has 0 aliphatic carbocycles. The van der Waals surface area contributed by atoms with Gasteiger partial charge in [0.15, 0.2) is 0 Å². The molecule has 1 heterocycles. The molecule has 0 bridgehead atoms. The maximum Gasteiger partial charge on any atom is 0.0972 e. The van der Waals surface area contributed by atoms with Crippen LogP contribution in [0.15, 0.2) is 219 Å². The van der Waals surface area contributed by atoms with Crippen molar-refractivity contribution in [2.75, 3.05) is 9.80 Å². The van der Waals surface area contributed by atoms with Crippen LogP contribution >= 0.6 is 0 Å². The van der Waals surface area contributed by atoms with Gasteiger partial charge in [-0.05, 0) is 104 Å². The van der Waals surface area contributed by atoms with E-state index in [1.807, 2.05) is 12.4 Å². The van der Waals surface area contributed by atoms with Gasteiger partial charge in [0.25, 0.3) is 0 Å². The van der Waals surface area contributed by atoms with Gasteiger partial charge in [0.05, 0.1) is 22.4 Å². The van der Waals surface area contributed by atoms with Crippen molar-refractivity contribution in [3.8, 4) is 0 Å². The number of hydrogen-bond acceptors (Lipinski definition) is 4. The molecule has 0 aliphatic heterocycles. The molecule has 4 heteroatoms. The molecule has 60 heavy (non-hydrogen) atoms. The van der Waals surface area contributed by atoms with E-state index in [2.05, 4.69) is 216 Å². The Labute approximate surface area is 346 Å². The Hall–Kier alpha value is -8.08. The fraction of sp³-hybridized carbons (Fsp3) is 0. The number of para-hydroxylation sites is 2. The zero-order chi connectivity index (χ0) is 39.6. The zero-order valence-electron chi connectivity index (χ0n) is 32.6. The Kier molecular flexibility index (Phi) is 7.82. The summed E-state index contributed by atoms with van der Waals surface area (Å²) in [7, 11) is 0. The van der Waals surface area contributed by atoms with Crippen LogP contribution in [0.5, 0.6) is 0 Å². The minimum Gasteiger partial charge on any atom is -0.310 e. The highest BCUT2D eigenvalue weighted by Crippen LogP contribution is 2.46. The van der Waals surface area contributed by atoms with E-state index in [0.717, 1.165) is 66.7 Å². The Morgan fingerprint density at radius 1 is 0.250 bits per heavy atom. The highest BCUT2D eigenvalue weighted by molar-refractivity contribution is 6.25. The van der Waals surface area contributed by atoms with E-state index >= 15 is 0 Å². The van der Waals surface area contributed by atoms with Crippen molar-refractivity contribution in [2.45, 2.75) is 0 Å². The summed E-state index contributed by atoms with van der Waals surface area (Å²) in [5, 5.41) is 14.1. The smallest absolute Gasteiger partial charge is 0.0972 e. The maximum absolute atomic E-state index is 5.07. The van der Waals surface area contributed by atoms with E-state index in [0.29, 0.717) is 0 Å². The molecule has 0 spiro atoms. The second-order valence-electron chi connectivity index (χ2n) is 15.4. The molecule has 11 aromatic carbocycles. The highest BCUT2D eigenvalue weighted by atomic mass is 15.1. The Balaban J connectivity index is 1.09. The van der Waals surface area contributed by atoms with Gasteiger partial charge >= 0.3 is 0 Å². The molecular weight excluding hydrogens is 729 g/mol. The van der Waals surface area contributed by atoms with Gasteiger partial charge in [-0.3, -0.25) is 9.97 Å². The van der Waals surface area contributed by atoms with Crippen LogP contribution in [0, 0.1) is 0 Å². The summed E-state index contributed by atoms with van der Waals surface area (Å²) in [5.41, 5.74) is 8.26. The Morgan fingerprint density at radius 2 is 0.600 bits per heavy atom. The third-order valence-electron chi connectivity index (χ3n) is 12.0. The molecule has 0 saturated heterocycles. The minimum atomic E-state index is 0.873. The SMILES string of the molecule is c1ccc(N(c2ccc3c4ccc(N(c5ccccc5)c5cc6ccccc6c6ccccc56)cc4c4nccnc4c3c2)c2cc3ccccc3c3ccccc23)cc1. The van der Waals surface area contributed by atoms with Crippen LogP contribution in [-0.2, 0) is 0 Å². The average molecular weight is 765 g/mol. The summed E-state index contributed by atoms with van der Waals surface area (Å²) in [6.07, 6.45) is 3.63. The van der Waals surface area contributed by atoms with Gasteiger partial charge in [-0.2, -0.15) is 0 Å². The molecule has 0 amide bonds. The molecule has 12 aromatic rings. The van der Waals surface area contributed by atoms with Crippen molar-refractivity contribution in [3.63, 3.8) is 0 Å². The van der Waals surface area contributed by atoms with Gasteiger partial charge < -0.3 is 9.80 Å². The number of benzene rings is 11. The van der Waals surface area contributed by atoms with Crippen LogP contribution in [0.25, 0.3) is 75.7 Å². The summed E-state index contributed by atoms with van der Waals surface area (Å²) in [6.45, 7) is 0. The van der Waals surface area contributed by atoms with Crippen LogP contribution in [-0.4, -0.2) is 9.97 Å². The van der Waals surface area contributed by atoms with Crippen LogP contribution in [0.1, 0.15) is 0 Å². The monoisotopic (exact) mass is 764 g/mol. The van der Waals surface area contributed by atoms with Crippen molar-refractivity contribution in [1.29, 1.82) is 0 Å². The lowest BCUT2D eigenvalue weighted by atomic mass is 9.96. The van der Waals surface area contributed by atoms with E-state index < -0.39 is 0 Å². The number of aromatic nitrogens is 2. The van der Waals surface area contributed by atoms with E-state index in [9.17, 15) is 0 Å². The van der Waals surface area contributed by atoms with Crippen LogP contribution < -0.4 is 9.80 Å². The fourth-order valence-electron chi connectivity index (χ4n) is 9.38. The van der Waals surface area contributed by atoms with Gasteiger partial charge in [0, 0.05) is 56.7 Å². The van der Waals surface area contributed by atoms with Crippen molar-refractivity contribution in [1.82, 2.24) is 9.97 Å². The number of hydrogen-bond donors (Lipinski definition) is 0. The van der Waals surface area contributed by atoms with Crippen molar-refractivity contribution >= 4 is 110 Å². The van der Waals surface area contributed by atoms with Gasteiger partial charge in [-0.25, -0.2) is 0 Å². The normalized spacial score (nSPS) is 11.7. The van der Waals surface area contributed by atoms with Crippen LogP contribution in [0.2, 0.25) is 0 Å². The third-order valence-corrected chi connectivity index (χ3v) is 12.0. The zero-order valence-corrected chi connectivity index (χ0v) is 32.6. The first-order chi connectivity index (χ1) is 29.8. The predicted octanol–water partition coefficient (Wildman–Crippen LogP) is 15.5. The van der Waals surface area contributed by atoms with Crippen molar-refractivity contribution in [3.05, 3.63) is 219 Å². The molecule has 0 saturated carbocycles. The molecule has 0 aliphatic rings. The lowest BCUT2D eigenvalue weighted by Crippen LogP contribution is -2.11. The molecule has 4 nitrogen and oxygen atoms in total. The summed E-state index contributed by atoms with van der Waals surface area (Å²) in [4.78, 5) is 14.9. The van der Waals surface area contributed by atoms with E-state index in [1.165, 1.54) is 43.1 Å². The minimum absolute atomic E-state index is 0.873. The van der Waals surface area contributed by atoms with Gasteiger partial charge in [0.1, 0.15) is 0 Å². The molecule has 1 aromatic heterocycles. The molecule has 12 rings (SSSR count). The number of nitrogens with zero attached hydrogens (tertiary/aromatic N) is 4. The molecular formula is C56H36N4. The quantitative estimate of drug-likeness (QED) is 0.158. The summed E-state index contributed by atoms with van der Waals surface area (Å²) >= 11 is 0. The first-order valence-electron chi connectivity index (χ1n) is 20.4. The average Bonchev–Trinajstić information content (AvgIpc) is 3.32. The van der Waals surface area contributed by atoms with E-state index in [-0.39, 0.29) is 0 Å². The molecule has 0 atom stereocenters. The first kappa shape index (κ1) is 34.0. The molecule has 280 valence electrons. The van der Waals surface area contributed by atoms with Gasteiger partial charge in [-0.15, -0.1) is 0 Å². The summed E-state index contributed by atoms with van der Waals surface area (Å²) in [6, 6.07) is 74.4. The Bertz CT molecular complexity index is 3360. The highest BCUT2D eigenvalue weighted by Gasteiger charge is 2.22. The molecule has 0 unspecified atom stereocenters. The number of anilines is 6. The lowest BCUT2D eigenvalue weighted by Gasteiger charge is -2.28. The first-order valence-corrected chi connectivity index (χ1v) is 20.4. The second-order valence-corrected chi connectivity index (χ2v) is 15.4. The second kappa shape index (κ2) is 13.8. The van der Waals surface area contributed by atoms with Crippen molar-refractivity contribution < 1.29 is 0 Å². The summed E-state index contributed by atoms with van der Waals surface area (Å²) in [5.74, 6) is 0. The molecule has 0 N–H and O–H groups in total. The number of rotatable bonds is 6. The number of fused-ring (bicyclic) bond motifs is 12. The molecule has 0 fully saturated rings.